The van der Waals surface area contributed by atoms with Gasteiger partial charge in [-0.1, -0.05) is 11.6 Å². The standard InChI is InChI=1S/C15H21N3O3/c1-10-16-12(21-17-10)7-20-8-13(19)18-9-15(5-2-6-15)14(18)11-3-4-11/h11,14H,2-9H2,1H3. The van der Waals surface area contributed by atoms with Gasteiger partial charge in [0, 0.05) is 18.0 Å². The lowest BCUT2D eigenvalue weighted by Crippen LogP contribution is -2.70. The maximum Gasteiger partial charge on any atom is 0.252 e. The van der Waals surface area contributed by atoms with Gasteiger partial charge in [0.1, 0.15) is 13.2 Å². The highest BCUT2D eigenvalue weighted by Crippen LogP contribution is 2.59. The van der Waals surface area contributed by atoms with Crippen LogP contribution in [0.3, 0.4) is 0 Å². The van der Waals surface area contributed by atoms with Gasteiger partial charge in [0.15, 0.2) is 5.82 Å². The molecule has 4 rings (SSSR count). The number of ether oxygens (including phenoxy) is 1. The Morgan fingerprint density at radius 1 is 1.48 bits per heavy atom. The molecule has 3 fully saturated rings. The fourth-order valence-electron chi connectivity index (χ4n) is 3.95. The Morgan fingerprint density at radius 2 is 2.29 bits per heavy atom. The number of amides is 1. The number of aryl methyl sites for hydroxylation is 1. The van der Waals surface area contributed by atoms with Gasteiger partial charge < -0.3 is 14.2 Å². The minimum atomic E-state index is 0.112. The molecule has 6 heteroatoms. The highest BCUT2D eigenvalue weighted by atomic mass is 16.5. The summed E-state index contributed by atoms with van der Waals surface area (Å²) in [6.45, 7) is 3.02. The average molecular weight is 291 g/mol. The van der Waals surface area contributed by atoms with Crippen molar-refractivity contribution < 1.29 is 14.1 Å². The topological polar surface area (TPSA) is 68.5 Å². The van der Waals surface area contributed by atoms with Crippen molar-refractivity contribution in [3.05, 3.63) is 11.7 Å². The van der Waals surface area contributed by atoms with E-state index in [-0.39, 0.29) is 19.1 Å². The first-order valence-corrected chi connectivity index (χ1v) is 7.84. The molecule has 1 aromatic rings. The maximum atomic E-state index is 12.3. The molecule has 0 bridgehead atoms. The molecule has 1 unspecified atom stereocenters. The van der Waals surface area contributed by atoms with Crippen LogP contribution in [0.2, 0.25) is 0 Å². The zero-order valence-corrected chi connectivity index (χ0v) is 12.4. The van der Waals surface area contributed by atoms with Crippen molar-refractivity contribution in [2.75, 3.05) is 13.2 Å². The first-order chi connectivity index (χ1) is 10.2. The Balaban J connectivity index is 1.29. The first-order valence-electron chi connectivity index (χ1n) is 7.84. The summed E-state index contributed by atoms with van der Waals surface area (Å²) < 4.78 is 10.4. The molecule has 2 saturated carbocycles. The molecule has 1 saturated heterocycles. The summed E-state index contributed by atoms with van der Waals surface area (Å²) in [5.41, 5.74) is 0.473. The van der Waals surface area contributed by atoms with Crippen molar-refractivity contribution in [1.29, 1.82) is 0 Å². The number of carbonyl (C=O) groups excluding carboxylic acids is 1. The van der Waals surface area contributed by atoms with Crippen LogP contribution < -0.4 is 0 Å². The van der Waals surface area contributed by atoms with E-state index in [9.17, 15) is 4.79 Å². The number of nitrogens with zero attached hydrogens (tertiary/aromatic N) is 3. The third kappa shape index (κ3) is 2.25. The smallest absolute Gasteiger partial charge is 0.252 e. The van der Waals surface area contributed by atoms with Crippen LogP contribution in [0.15, 0.2) is 4.52 Å². The molecule has 1 aliphatic heterocycles. The lowest BCUT2D eigenvalue weighted by molar-refractivity contribution is -0.175. The SMILES string of the molecule is Cc1noc(COCC(=O)N2CC3(CCC3)C2C2CC2)n1. The van der Waals surface area contributed by atoms with Gasteiger partial charge in [-0.25, -0.2) is 0 Å². The summed E-state index contributed by atoms with van der Waals surface area (Å²) in [6, 6.07) is 0.494. The third-order valence-corrected chi connectivity index (χ3v) is 5.21. The Labute approximate surface area is 123 Å². The van der Waals surface area contributed by atoms with Crippen LogP contribution in [-0.2, 0) is 16.1 Å². The lowest BCUT2D eigenvalue weighted by atomic mass is 9.56. The second-order valence-corrected chi connectivity index (χ2v) is 6.75. The lowest BCUT2D eigenvalue weighted by Gasteiger charge is -2.63. The van der Waals surface area contributed by atoms with Crippen LogP contribution in [0.5, 0.6) is 0 Å². The monoisotopic (exact) mass is 291 g/mol. The van der Waals surface area contributed by atoms with E-state index in [2.05, 4.69) is 15.0 Å². The number of carbonyl (C=O) groups is 1. The van der Waals surface area contributed by atoms with Crippen molar-refractivity contribution in [3.63, 3.8) is 0 Å². The molecule has 3 aliphatic rings. The second kappa shape index (κ2) is 4.80. The summed E-state index contributed by atoms with van der Waals surface area (Å²) in [7, 11) is 0. The average Bonchev–Trinajstić information content (AvgIpc) is 3.09. The molecule has 2 heterocycles. The molecule has 0 aromatic carbocycles. The molecule has 1 spiro atoms. The van der Waals surface area contributed by atoms with Crippen LogP contribution >= 0.6 is 0 Å². The van der Waals surface area contributed by atoms with E-state index in [1.165, 1.54) is 32.1 Å². The summed E-state index contributed by atoms with van der Waals surface area (Å²) in [5, 5.41) is 3.70. The molecule has 0 N–H and O–H groups in total. The largest absolute Gasteiger partial charge is 0.362 e. The van der Waals surface area contributed by atoms with E-state index < -0.39 is 0 Å². The number of hydrogen-bond acceptors (Lipinski definition) is 5. The van der Waals surface area contributed by atoms with Gasteiger partial charge in [0.2, 0.25) is 5.91 Å². The quantitative estimate of drug-likeness (QED) is 0.825. The van der Waals surface area contributed by atoms with Crippen molar-refractivity contribution >= 4 is 5.91 Å². The van der Waals surface area contributed by atoms with Crippen molar-refractivity contribution in [2.24, 2.45) is 11.3 Å². The summed E-state index contributed by atoms with van der Waals surface area (Å²) in [5.74, 6) is 1.88. The number of hydrogen-bond donors (Lipinski definition) is 0. The minimum absolute atomic E-state index is 0.112. The van der Waals surface area contributed by atoms with Gasteiger partial charge in [0.25, 0.3) is 5.89 Å². The van der Waals surface area contributed by atoms with Gasteiger partial charge in [-0.15, -0.1) is 0 Å². The van der Waals surface area contributed by atoms with Crippen LogP contribution in [0.25, 0.3) is 0 Å². The first kappa shape index (κ1) is 13.2. The summed E-state index contributed by atoms with van der Waals surface area (Å²) >= 11 is 0. The second-order valence-electron chi connectivity index (χ2n) is 6.75. The Bertz CT molecular complexity index is 548. The van der Waals surface area contributed by atoms with E-state index in [1.54, 1.807) is 6.92 Å². The maximum absolute atomic E-state index is 12.3. The van der Waals surface area contributed by atoms with Gasteiger partial charge in [-0.2, -0.15) is 4.98 Å². The molecule has 2 aliphatic carbocycles. The van der Waals surface area contributed by atoms with E-state index in [4.69, 9.17) is 9.26 Å². The normalized spacial score (nSPS) is 26.5. The predicted octanol–water partition coefficient (Wildman–Crippen LogP) is 1.69. The molecular weight excluding hydrogens is 270 g/mol. The van der Waals surface area contributed by atoms with Gasteiger partial charge >= 0.3 is 0 Å². The number of rotatable bonds is 5. The molecule has 1 aromatic heterocycles. The van der Waals surface area contributed by atoms with E-state index in [0.29, 0.717) is 23.2 Å². The van der Waals surface area contributed by atoms with Crippen molar-refractivity contribution in [3.8, 4) is 0 Å². The van der Waals surface area contributed by atoms with Crippen LogP contribution in [-0.4, -0.2) is 40.1 Å². The predicted molar refractivity (Wildman–Crippen MR) is 73.2 cm³/mol. The highest BCUT2D eigenvalue weighted by molar-refractivity contribution is 5.79. The molecular formula is C15H21N3O3. The fourth-order valence-corrected chi connectivity index (χ4v) is 3.95. The van der Waals surface area contributed by atoms with E-state index in [0.717, 1.165) is 12.5 Å². The Hall–Kier alpha value is -1.43. The Morgan fingerprint density at radius 3 is 2.86 bits per heavy atom. The molecule has 21 heavy (non-hydrogen) atoms. The third-order valence-electron chi connectivity index (χ3n) is 5.21. The Kier molecular flexibility index (Phi) is 3.03. The molecule has 1 amide bonds. The fraction of sp³-hybridized carbons (Fsp3) is 0.800. The minimum Gasteiger partial charge on any atom is -0.362 e. The van der Waals surface area contributed by atoms with Crippen molar-refractivity contribution in [2.45, 2.75) is 51.7 Å². The highest BCUT2D eigenvalue weighted by Gasteiger charge is 2.61. The summed E-state index contributed by atoms with van der Waals surface area (Å²) in [6.07, 6.45) is 6.52. The molecule has 6 nitrogen and oxygen atoms in total. The van der Waals surface area contributed by atoms with Crippen LogP contribution in [0.4, 0.5) is 0 Å². The van der Waals surface area contributed by atoms with Crippen molar-refractivity contribution in [1.82, 2.24) is 15.0 Å². The van der Waals surface area contributed by atoms with Gasteiger partial charge in [0.05, 0.1) is 0 Å². The molecule has 114 valence electrons. The van der Waals surface area contributed by atoms with Crippen LogP contribution in [0.1, 0.15) is 43.8 Å². The van der Waals surface area contributed by atoms with E-state index in [1.807, 2.05) is 0 Å². The molecule has 1 atom stereocenters. The van der Waals surface area contributed by atoms with E-state index >= 15 is 0 Å². The van der Waals surface area contributed by atoms with Gasteiger partial charge in [-0.05, 0) is 38.5 Å². The molecule has 0 radical (unpaired) electrons. The number of likely N-dealkylation sites (tertiary alicyclic amines) is 1. The number of aromatic nitrogens is 2. The van der Waals surface area contributed by atoms with Crippen LogP contribution in [0, 0.1) is 18.3 Å². The summed E-state index contributed by atoms with van der Waals surface area (Å²) in [4.78, 5) is 18.4. The zero-order chi connectivity index (χ0) is 14.4. The zero-order valence-electron chi connectivity index (χ0n) is 12.4. The van der Waals surface area contributed by atoms with Gasteiger partial charge in [-0.3, -0.25) is 4.79 Å².